The molecule has 2 aromatic rings. The Morgan fingerprint density at radius 2 is 2.06 bits per heavy atom. The minimum Gasteiger partial charge on any atom is -0.464 e. The molecule has 88 valence electrons. The normalized spacial score (nSPS) is 10.2. The lowest BCUT2D eigenvalue weighted by atomic mass is 10.3. The van der Waals surface area contributed by atoms with Gasteiger partial charge in [-0.2, -0.15) is 0 Å². The van der Waals surface area contributed by atoms with Gasteiger partial charge in [-0.15, -0.1) is 0 Å². The summed E-state index contributed by atoms with van der Waals surface area (Å²) in [6, 6.07) is 8.85. The zero-order valence-electron chi connectivity index (χ0n) is 9.12. The molecule has 0 atom stereocenters. The number of para-hydroxylation sites is 1. The van der Waals surface area contributed by atoms with Crippen molar-refractivity contribution in [2.45, 2.75) is 6.92 Å². The third kappa shape index (κ3) is 2.21. The van der Waals surface area contributed by atoms with Crippen LogP contribution in [-0.2, 0) is 0 Å². The highest BCUT2D eigenvalue weighted by atomic mass is 32.1. The van der Waals surface area contributed by atoms with Crippen molar-refractivity contribution in [2.24, 2.45) is 0 Å². The van der Waals surface area contributed by atoms with Crippen molar-refractivity contribution in [1.82, 2.24) is 4.98 Å². The summed E-state index contributed by atoms with van der Waals surface area (Å²) in [4.78, 5) is 16.5. The molecule has 0 saturated heterocycles. The Morgan fingerprint density at radius 3 is 2.53 bits per heavy atom. The second-order valence-corrected chi connectivity index (χ2v) is 4.41. The molecule has 0 unspecified atom stereocenters. The number of nitrogens with two attached hydrogens (primary N) is 1. The highest BCUT2D eigenvalue weighted by Crippen LogP contribution is 2.34. The number of carboxylic acid groups (broad SMARTS) is 1. The summed E-state index contributed by atoms with van der Waals surface area (Å²) in [6.07, 6.45) is -1.05. The van der Waals surface area contributed by atoms with Crippen LogP contribution in [0.15, 0.2) is 30.3 Å². The second-order valence-electron chi connectivity index (χ2n) is 3.40. The molecule has 3 N–H and O–H groups in total. The second kappa shape index (κ2) is 4.42. The molecular formula is C11H11N3O2S. The van der Waals surface area contributed by atoms with Crippen molar-refractivity contribution >= 4 is 33.3 Å². The van der Waals surface area contributed by atoms with Crippen LogP contribution in [0.4, 0.5) is 20.6 Å². The molecule has 0 fully saturated rings. The average Bonchev–Trinajstić information content (AvgIpc) is 2.59. The lowest BCUT2D eigenvalue weighted by Gasteiger charge is -2.17. The molecule has 0 aliphatic rings. The number of benzene rings is 1. The average molecular weight is 249 g/mol. The van der Waals surface area contributed by atoms with E-state index >= 15 is 0 Å². The van der Waals surface area contributed by atoms with Crippen LogP contribution >= 0.6 is 11.3 Å². The number of aromatic nitrogens is 1. The van der Waals surface area contributed by atoms with Crippen LogP contribution in [0.1, 0.15) is 5.69 Å². The first-order valence-electron chi connectivity index (χ1n) is 4.90. The number of nitrogens with zero attached hydrogens (tertiary/aromatic N) is 2. The number of thiazole rings is 1. The molecule has 0 radical (unpaired) electrons. The van der Waals surface area contributed by atoms with Gasteiger partial charge in [0.1, 0.15) is 5.00 Å². The molecule has 0 bridgehead atoms. The van der Waals surface area contributed by atoms with Gasteiger partial charge in [0.15, 0.2) is 5.13 Å². The Labute approximate surface area is 102 Å². The molecule has 2 rings (SSSR count). The Kier molecular flexibility index (Phi) is 2.97. The molecule has 6 heteroatoms. The van der Waals surface area contributed by atoms with Gasteiger partial charge < -0.3 is 10.8 Å². The van der Waals surface area contributed by atoms with Crippen molar-refractivity contribution in [2.75, 3.05) is 10.6 Å². The lowest BCUT2D eigenvalue weighted by Crippen LogP contribution is -2.23. The third-order valence-electron chi connectivity index (χ3n) is 2.20. The number of hydrogen-bond donors (Lipinski definition) is 2. The van der Waals surface area contributed by atoms with Crippen LogP contribution < -0.4 is 10.6 Å². The Morgan fingerprint density at radius 1 is 1.41 bits per heavy atom. The van der Waals surface area contributed by atoms with Gasteiger partial charge in [0, 0.05) is 0 Å². The summed E-state index contributed by atoms with van der Waals surface area (Å²) in [5.41, 5.74) is 6.77. The van der Waals surface area contributed by atoms with Crippen LogP contribution in [-0.4, -0.2) is 16.2 Å². The first-order valence-corrected chi connectivity index (χ1v) is 5.72. The number of aryl methyl sites for hydroxylation is 1. The van der Waals surface area contributed by atoms with Crippen LogP contribution in [0.25, 0.3) is 0 Å². The number of nitrogen functional groups attached to an aromatic ring is 1. The summed E-state index contributed by atoms with van der Waals surface area (Å²) >= 11 is 1.16. The van der Waals surface area contributed by atoms with Crippen LogP contribution in [0.2, 0.25) is 0 Å². The van der Waals surface area contributed by atoms with Gasteiger partial charge in [-0.1, -0.05) is 29.5 Å². The van der Waals surface area contributed by atoms with E-state index in [2.05, 4.69) is 4.98 Å². The van der Waals surface area contributed by atoms with E-state index in [-0.39, 0.29) is 0 Å². The zero-order valence-corrected chi connectivity index (χ0v) is 9.94. The molecular weight excluding hydrogens is 238 g/mol. The molecule has 1 aromatic carbocycles. The topological polar surface area (TPSA) is 79.5 Å². The molecule has 1 heterocycles. The highest BCUT2D eigenvalue weighted by Gasteiger charge is 2.21. The summed E-state index contributed by atoms with van der Waals surface area (Å²) in [6.45, 7) is 1.74. The molecule has 1 amide bonds. The van der Waals surface area contributed by atoms with Crippen molar-refractivity contribution < 1.29 is 9.90 Å². The van der Waals surface area contributed by atoms with Gasteiger partial charge >= 0.3 is 6.09 Å². The summed E-state index contributed by atoms with van der Waals surface area (Å²) in [5.74, 6) is 0. The SMILES string of the molecule is Cc1nc(N)sc1N(C(=O)O)c1ccccc1. The molecule has 0 spiro atoms. The highest BCUT2D eigenvalue weighted by molar-refractivity contribution is 7.19. The fraction of sp³-hybridized carbons (Fsp3) is 0.0909. The van der Waals surface area contributed by atoms with E-state index in [0.29, 0.717) is 21.5 Å². The number of anilines is 3. The van der Waals surface area contributed by atoms with E-state index in [1.807, 2.05) is 6.07 Å². The first kappa shape index (κ1) is 11.4. The Balaban J connectivity index is 2.50. The van der Waals surface area contributed by atoms with E-state index < -0.39 is 6.09 Å². The molecule has 1 aromatic heterocycles. The van der Waals surface area contributed by atoms with Gasteiger partial charge in [0.25, 0.3) is 0 Å². The third-order valence-corrected chi connectivity index (χ3v) is 3.17. The molecule has 0 aliphatic carbocycles. The maximum atomic E-state index is 11.3. The van der Waals surface area contributed by atoms with Gasteiger partial charge in [-0.3, -0.25) is 0 Å². The van der Waals surface area contributed by atoms with Crippen molar-refractivity contribution in [3.8, 4) is 0 Å². The maximum Gasteiger partial charge on any atom is 0.417 e. The number of amides is 1. The fourth-order valence-corrected chi connectivity index (χ4v) is 2.36. The smallest absolute Gasteiger partial charge is 0.417 e. The van der Waals surface area contributed by atoms with Gasteiger partial charge in [-0.05, 0) is 19.1 Å². The first-order chi connectivity index (χ1) is 8.09. The zero-order chi connectivity index (χ0) is 12.4. The van der Waals surface area contributed by atoms with E-state index in [0.717, 1.165) is 11.3 Å². The van der Waals surface area contributed by atoms with Crippen LogP contribution in [0.5, 0.6) is 0 Å². The monoisotopic (exact) mass is 249 g/mol. The van der Waals surface area contributed by atoms with Gasteiger partial charge in [-0.25, -0.2) is 14.7 Å². The minimum atomic E-state index is -1.05. The van der Waals surface area contributed by atoms with E-state index in [4.69, 9.17) is 5.73 Å². The largest absolute Gasteiger partial charge is 0.464 e. The predicted molar refractivity (Wildman–Crippen MR) is 67.9 cm³/mol. The Hall–Kier alpha value is -2.08. The molecule has 0 aliphatic heterocycles. The van der Waals surface area contributed by atoms with Crippen molar-refractivity contribution in [3.63, 3.8) is 0 Å². The Bertz CT molecular complexity index is 539. The molecule has 5 nitrogen and oxygen atoms in total. The number of rotatable bonds is 2. The van der Waals surface area contributed by atoms with Crippen LogP contribution in [0, 0.1) is 6.92 Å². The minimum absolute atomic E-state index is 0.361. The van der Waals surface area contributed by atoms with Crippen molar-refractivity contribution in [3.05, 3.63) is 36.0 Å². The van der Waals surface area contributed by atoms with E-state index in [1.165, 1.54) is 4.90 Å². The van der Waals surface area contributed by atoms with E-state index in [1.54, 1.807) is 31.2 Å². The van der Waals surface area contributed by atoms with Gasteiger partial charge in [0.05, 0.1) is 11.4 Å². The summed E-state index contributed by atoms with van der Waals surface area (Å²) < 4.78 is 0. The summed E-state index contributed by atoms with van der Waals surface area (Å²) in [5, 5.41) is 10.2. The standard InChI is InChI=1S/C11H11N3O2S/c1-7-9(17-10(12)13-7)14(11(15)16)8-5-3-2-4-6-8/h2-6H,1H3,(H2,12,13)(H,15,16). The van der Waals surface area contributed by atoms with Crippen LogP contribution in [0.3, 0.4) is 0 Å². The maximum absolute atomic E-state index is 11.3. The van der Waals surface area contributed by atoms with Gasteiger partial charge in [0.2, 0.25) is 0 Å². The predicted octanol–water partition coefficient (Wildman–Crippen LogP) is 2.85. The molecule has 17 heavy (non-hydrogen) atoms. The lowest BCUT2D eigenvalue weighted by molar-refractivity contribution is 0.205. The fourth-order valence-electron chi connectivity index (χ4n) is 1.51. The quantitative estimate of drug-likeness (QED) is 0.857. The number of carbonyl (C=O) groups is 1. The molecule has 0 saturated carbocycles. The number of hydrogen-bond acceptors (Lipinski definition) is 4. The van der Waals surface area contributed by atoms with E-state index in [9.17, 15) is 9.90 Å². The van der Waals surface area contributed by atoms with Crippen molar-refractivity contribution in [1.29, 1.82) is 0 Å². The summed E-state index contributed by atoms with van der Waals surface area (Å²) in [7, 11) is 0.